The molecule has 0 aromatic heterocycles. The lowest BCUT2D eigenvalue weighted by Gasteiger charge is -2.17. The Bertz CT molecular complexity index is 388. The van der Waals surface area contributed by atoms with Crippen LogP contribution in [0.15, 0.2) is 30.3 Å². The fraction of sp³-hybridized carbons (Fsp3) is 0.385. The number of carbonyl (C=O) groups is 2. The van der Waals surface area contributed by atoms with Gasteiger partial charge in [0.15, 0.2) is 6.29 Å². The Hall–Kier alpha value is -1.68. The van der Waals surface area contributed by atoms with Crippen LogP contribution in [0.25, 0.3) is 0 Å². The van der Waals surface area contributed by atoms with Gasteiger partial charge in [-0.3, -0.25) is 4.79 Å². The Kier molecular flexibility index (Phi) is 3.88. The molecule has 0 spiro atoms. The summed E-state index contributed by atoms with van der Waals surface area (Å²) in [6, 6.07) is 9.57. The van der Waals surface area contributed by atoms with E-state index in [2.05, 4.69) is 0 Å². The maximum absolute atomic E-state index is 11.0. The van der Waals surface area contributed by atoms with Gasteiger partial charge in [-0.15, -0.1) is 0 Å². The van der Waals surface area contributed by atoms with Crippen molar-refractivity contribution in [2.45, 2.75) is 31.7 Å². The molecule has 1 heterocycles. The van der Waals surface area contributed by atoms with Crippen molar-refractivity contribution in [1.82, 2.24) is 0 Å². The fourth-order valence-corrected chi connectivity index (χ4v) is 1.78. The molecule has 4 nitrogen and oxygen atoms in total. The molecule has 0 aliphatic carbocycles. The average Bonchev–Trinajstić information content (AvgIpc) is 2.78. The zero-order valence-corrected chi connectivity index (χ0v) is 9.37. The molecule has 2 rings (SSSR count). The quantitative estimate of drug-likeness (QED) is 0.572. The number of esters is 1. The summed E-state index contributed by atoms with van der Waals surface area (Å²) in [5.41, 5.74) is 0.990. The van der Waals surface area contributed by atoms with E-state index < -0.39 is 12.2 Å². The van der Waals surface area contributed by atoms with Gasteiger partial charge in [-0.2, -0.15) is 0 Å². The number of hydrogen-bond donors (Lipinski definition) is 0. The molecule has 17 heavy (non-hydrogen) atoms. The van der Waals surface area contributed by atoms with E-state index in [1.165, 1.54) is 0 Å². The van der Waals surface area contributed by atoms with Crippen molar-refractivity contribution < 1.29 is 19.1 Å². The van der Waals surface area contributed by atoms with Gasteiger partial charge in [0.2, 0.25) is 0 Å². The second-order valence-electron chi connectivity index (χ2n) is 3.96. The first-order valence-electron chi connectivity index (χ1n) is 5.60. The number of hydrogen-bond acceptors (Lipinski definition) is 4. The summed E-state index contributed by atoms with van der Waals surface area (Å²) in [7, 11) is 0. The van der Waals surface area contributed by atoms with E-state index in [0.717, 1.165) is 5.56 Å². The molecule has 1 aliphatic rings. The van der Waals surface area contributed by atoms with E-state index >= 15 is 0 Å². The second-order valence-corrected chi connectivity index (χ2v) is 3.96. The third kappa shape index (κ3) is 3.14. The van der Waals surface area contributed by atoms with Gasteiger partial charge < -0.3 is 14.3 Å². The lowest BCUT2D eigenvalue weighted by molar-refractivity contribution is -0.149. The lowest BCUT2D eigenvalue weighted by Crippen LogP contribution is -2.30. The number of rotatable bonds is 5. The monoisotopic (exact) mass is 234 g/mol. The van der Waals surface area contributed by atoms with Crippen LogP contribution < -0.4 is 0 Å². The molecule has 2 atom stereocenters. The molecular formula is C13H14O4. The lowest BCUT2D eigenvalue weighted by atomic mass is 10.1. The van der Waals surface area contributed by atoms with Crippen molar-refractivity contribution in [3.05, 3.63) is 35.9 Å². The van der Waals surface area contributed by atoms with E-state index in [0.29, 0.717) is 25.7 Å². The molecule has 1 aromatic rings. The van der Waals surface area contributed by atoms with Crippen LogP contribution in [-0.2, 0) is 25.7 Å². The fourth-order valence-electron chi connectivity index (χ4n) is 1.78. The summed E-state index contributed by atoms with van der Waals surface area (Å²) in [5.74, 6) is -0.259. The summed E-state index contributed by atoms with van der Waals surface area (Å²) < 4.78 is 10.5. The second kappa shape index (κ2) is 5.59. The summed E-state index contributed by atoms with van der Waals surface area (Å²) in [5, 5.41) is 0. The van der Waals surface area contributed by atoms with Crippen LogP contribution in [-0.4, -0.2) is 24.5 Å². The van der Waals surface area contributed by atoms with Crippen LogP contribution in [0.2, 0.25) is 0 Å². The van der Waals surface area contributed by atoms with Gasteiger partial charge in [-0.25, -0.2) is 0 Å². The first-order valence-corrected chi connectivity index (χ1v) is 5.60. The molecule has 1 saturated heterocycles. The number of cyclic esters (lactones) is 1. The third-order valence-corrected chi connectivity index (χ3v) is 2.70. The summed E-state index contributed by atoms with van der Waals surface area (Å²) in [6.45, 7) is 0.346. The van der Waals surface area contributed by atoms with Gasteiger partial charge in [0.05, 0.1) is 6.61 Å². The molecule has 90 valence electrons. The van der Waals surface area contributed by atoms with Gasteiger partial charge in [0, 0.05) is 6.42 Å². The summed E-state index contributed by atoms with van der Waals surface area (Å²) in [4.78, 5) is 21.9. The molecule has 1 fully saturated rings. The molecule has 1 aromatic carbocycles. The van der Waals surface area contributed by atoms with Crippen LogP contribution >= 0.6 is 0 Å². The van der Waals surface area contributed by atoms with E-state index in [1.807, 2.05) is 30.3 Å². The Morgan fingerprint density at radius 1 is 1.41 bits per heavy atom. The van der Waals surface area contributed by atoms with E-state index in [-0.39, 0.29) is 5.97 Å². The van der Waals surface area contributed by atoms with E-state index in [4.69, 9.17) is 9.47 Å². The first-order chi connectivity index (χ1) is 8.29. The predicted molar refractivity (Wildman–Crippen MR) is 60.2 cm³/mol. The van der Waals surface area contributed by atoms with Gasteiger partial charge in [-0.05, 0) is 12.0 Å². The SMILES string of the molecule is O=C[C@H](OCc1ccccc1)[C@@H]1CCC(=O)O1. The van der Waals surface area contributed by atoms with Crippen LogP contribution in [0.4, 0.5) is 0 Å². The minimum absolute atomic E-state index is 0.259. The standard InChI is InChI=1S/C13H14O4/c14-8-12(11-6-7-13(15)17-11)16-9-10-4-2-1-3-5-10/h1-5,8,11-12H,6-7,9H2/t11-,12-/m0/s1. The van der Waals surface area contributed by atoms with Crippen LogP contribution in [0.5, 0.6) is 0 Å². The number of carbonyl (C=O) groups excluding carboxylic acids is 2. The minimum atomic E-state index is -0.665. The van der Waals surface area contributed by atoms with Crippen molar-refractivity contribution >= 4 is 12.3 Å². The zero-order chi connectivity index (χ0) is 12.1. The van der Waals surface area contributed by atoms with E-state index in [1.54, 1.807) is 0 Å². The molecule has 0 bridgehead atoms. The first kappa shape index (κ1) is 11.8. The molecule has 4 heteroatoms. The van der Waals surface area contributed by atoms with Crippen molar-refractivity contribution in [3.63, 3.8) is 0 Å². The predicted octanol–water partition coefficient (Wildman–Crippen LogP) is 1.48. The Morgan fingerprint density at radius 2 is 2.18 bits per heavy atom. The summed E-state index contributed by atoms with van der Waals surface area (Å²) in [6.07, 6.45) is 0.526. The third-order valence-electron chi connectivity index (χ3n) is 2.70. The molecule has 0 radical (unpaired) electrons. The normalized spacial score (nSPS) is 20.9. The van der Waals surface area contributed by atoms with Crippen LogP contribution in [0, 0.1) is 0 Å². The zero-order valence-electron chi connectivity index (χ0n) is 9.37. The van der Waals surface area contributed by atoms with Crippen molar-refractivity contribution in [1.29, 1.82) is 0 Å². The van der Waals surface area contributed by atoms with Crippen molar-refractivity contribution in [2.75, 3.05) is 0 Å². The smallest absolute Gasteiger partial charge is 0.306 e. The molecule has 1 aliphatic heterocycles. The van der Waals surface area contributed by atoms with Crippen molar-refractivity contribution in [2.24, 2.45) is 0 Å². The topological polar surface area (TPSA) is 52.6 Å². The Labute approximate surface area is 99.5 Å². The largest absolute Gasteiger partial charge is 0.459 e. The van der Waals surface area contributed by atoms with Gasteiger partial charge >= 0.3 is 5.97 Å². The van der Waals surface area contributed by atoms with Gasteiger partial charge in [0.1, 0.15) is 12.2 Å². The molecule has 0 amide bonds. The van der Waals surface area contributed by atoms with Gasteiger partial charge in [0.25, 0.3) is 0 Å². The highest BCUT2D eigenvalue weighted by atomic mass is 16.6. The van der Waals surface area contributed by atoms with Crippen LogP contribution in [0.3, 0.4) is 0 Å². The Balaban J connectivity index is 1.88. The number of aldehydes is 1. The maximum Gasteiger partial charge on any atom is 0.306 e. The highest BCUT2D eigenvalue weighted by Gasteiger charge is 2.31. The number of ether oxygens (including phenoxy) is 2. The molecule has 0 unspecified atom stereocenters. The minimum Gasteiger partial charge on any atom is -0.459 e. The van der Waals surface area contributed by atoms with Crippen molar-refractivity contribution in [3.8, 4) is 0 Å². The number of benzene rings is 1. The molecular weight excluding hydrogens is 220 g/mol. The molecule has 0 N–H and O–H groups in total. The highest BCUT2D eigenvalue weighted by Crippen LogP contribution is 2.19. The molecule has 0 saturated carbocycles. The average molecular weight is 234 g/mol. The Morgan fingerprint density at radius 3 is 2.76 bits per heavy atom. The van der Waals surface area contributed by atoms with Crippen LogP contribution in [0.1, 0.15) is 18.4 Å². The maximum atomic E-state index is 11.0. The summed E-state index contributed by atoms with van der Waals surface area (Å²) >= 11 is 0. The van der Waals surface area contributed by atoms with E-state index in [9.17, 15) is 9.59 Å². The van der Waals surface area contributed by atoms with Gasteiger partial charge in [-0.1, -0.05) is 30.3 Å². The highest BCUT2D eigenvalue weighted by molar-refractivity contribution is 5.72.